The average molecular weight is 238 g/mol. The lowest BCUT2D eigenvalue weighted by Crippen LogP contribution is -2.50. The van der Waals surface area contributed by atoms with Crippen molar-refractivity contribution in [2.45, 2.75) is 10.9 Å². The van der Waals surface area contributed by atoms with Crippen molar-refractivity contribution in [3.05, 3.63) is 29.8 Å². The molecule has 1 aromatic carbocycles. The highest BCUT2D eigenvalue weighted by Crippen LogP contribution is 2.22. The number of fused-ring (bicyclic) bond motifs is 1. The first kappa shape index (κ1) is 10.8. The molecule has 0 aliphatic carbocycles. The first-order chi connectivity index (χ1) is 7.43. The Hall–Kier alpha value is -1.73. The highest BCUT2D eigenvalue weighted by atomic mass is 32.2. The summed E-state index contributed by atoms with van der Waals surface area (Å²) in [6, 6.07) is 3.77. The maximum Gasteiger partial charge on any atom is 0.290 e. The Labute approximate surface area is 91.5 Å². The van der Waals surface area contributed by atoms with Gasteiger partial charge in [0.25, 0.3) is 5.91 Å². The number of hydrogen-bond donors (Lipinski definition) is 1. The molecule has 1 aliphatic heterocycles. The molecule has 1 atom stereocenters. The van der Waals surface area contributed by atoms with Crippen LogP contribution in [0, 0.1) is 0 Å². The van der Waals surface area contributed by atoms with Crippen LogP contribution in [0.3, 0.4) is 0 Å². The van der Waals surface area contributed by atoms with E-state index in [-0.39, 0.29) is 10.5 Å². The van der Waals surface area contributed by atoms with Gasteiger partial charge >= 0.3 is 0 Å². The van der Waals surface area contributed by atoms with Crippen molar-refractivity contribution >= 4 is 21.7 Å². The molecule has 1 aromatic rings. The summed E-state index contributed by atoms with van der Waals surface area (Å²) in [7, 11) is -3.92. The summed E-state index contributed by atoms with van der Waals surface area (Å²) in [5, 5.41) is 0. The number of ketones is 1. The molecular formula is C9H6N2O4S. The Morgan fingerprint density at radius 1 is 1.31 bits per heavy atom. The summed E-state index contributed by atoms with van der Waals surface area (Å²) in [4.78, 5) is 22.2. The number of sulfonamides is 1. The lowest BCUT2D eigenvalue weighted by molar-refractivity contribution is -0.119. The van der Waals surface area contributed by atoms with E-state index in [1.807, 2.05) is 4.72 Å². The average Bonchev–Trinajstić information content (AvgIpc) is 2.23. The minimum absolute atomic E-state index is 0.0892. The normalized spacial score (nSPS) is 22.5. The van der Waals surface area contributed by atoms with E-state index in [9.17, 15) is 18.0 Å². The van der Waals surface area contributed by atoms with Gasteiger partial charge in [-0.1, -0.05) is 12.1 Å². The number of hydrogen-bond acceptors (Lipinski definition) is 4. The zero-order chi connectivity index (χ0) is 11.9. The summed E-state index contributed by atoms with van der Waals surface area (Å²) in [5.41, 5.74) is 8.63. The Bertz CT molecular complexity index is 579. The van der Waals surface area contributed by atoms with Gasteiger partial charge in [-0.05, 0) is 12.1 Å². The SMILES string of the molecule is [N]C(=O)C1NS(=O)(=O)c2ccccc2C1=O. The van der Waals surface area contributed by atoms with Gasteiger partial charge in [-0.25, -0.2) is 8.42 Å². The van der Waals surface area contributed by atoms with Crippen molar-refractivity contribution in [2.75, 3.05) is 0 Å². The van der Waals surface area contributed by atoms with Gasteiger partial charge in [0.2, 0.25) is 10.0 Å². The van der Waals surface area contributed by atoms with Gasteiger partial charge in [-0.2, -0.15) is 4.72 Å². The van der Waals surface area contributed by atoms with Crippen LogP contribution in [0.2, 0.25) is 0 Å². The fraction of sp³-hybridized carbons (Fsp3) is 0.111. The Balaban J connectivity index is 2.67. The van der Waals surface area contributed by atoms with E-state index in [0.29, 0.717) is 0 Å². The Kier molecular flexibility index (Phi) is 2.28. The number of carbonyl (C=O) groups is 2. The predicted octanol–water partition coefficient (Wildman–Crippen LogP) is -0.875. The number of nitrogens with zero attached hydrogens (tertiary/aromatic N) is 1. The molecular weight excluding hydrogens is 232 g/mol. The first-order valence-electron chi connectivity index (χ1n) is 4.32. The van der Waals surface area contributed by atoms with Gasteiger partial charge in [-0.15, -0.1) is 5.73 Å². The third kappa shape index (κ3) is 1.50. The van der Waals surface area contributed by atoms with Crippen LogP contribution >= 0.6 is 0 Å². The fourth-order valence-electron chi connectivity index (χ4n) is 1.49. The number of rotatable bonds is 1. The summed E-state index contributed by atoms with van der Waals surface area (Å²) in [6.45, 7) is 0. The van der Waals surface area contributed by atoms with E-state index >= 15 is 0 Å². The molecule has 0 saturated carbocycles. The first-order valence-corrected chi connectivity index (χ1v) is 5.80. The molecule has 1 unspecified atom stereocenters. The smallest absolute Gasteiger partial charge is 0.290 e. The molecule has 0 aromatic heterocycles. The van der Waals surface area contributed by atoms with Crippen LogP contribution in [0.4, 0.5) is 0 Å². The predicted molar refractivity (Wildman–Crippen MR) is 52.0 cm³/mol. The van der Waals surface area contributed by atoms with E-state index in [1.165, 1.54) is 24.3 Å². The quantitative estimate of drug-likeness (QED) is 0.642. The second-order valence-electron chi connectivity index (χ2n) is 3.25. The highest BCUT2D eigenvalue weighted by Gasteiger charge is 2.39. The van der Waals surface area contributed by atoms with Gasteiger partial charge in [0.05, 0.1) is 4.90 Å². The maximum atomic E-state index is 11.6. The van der Waals surface area contributed by atoms with Gasteiger partial charge < -0.3 is 0 Å². The van der Waals surface area contributed by atoms with E-state index < -0.39 is 27.8 Å². The lowest BCUT2D eigenvalue weighted by atomic mass is 10.0. The Morgan fingerprint density at radius 2 is 1.94 bits per heavy atom. The lowest BCUT2D eigenvalue weighted by Gasteiger charge is -2.21. The summed E-state index contributed by atoms with van der Waals surface area (Å²) in [6.07, 6.45) is 0. The second kappa shape index (κ2) is 3.39. The van der Waals surface area contributed by atoms with Crippen molar-refractivity contribution < 1.29 is 18.0 Å². The van der Waals surface area contributed by atoms with Crippen LogP contribution in [0.15, 0.2) is 29.2 Å². The van der Waals surface area contributed by atoms with Crippen LogP contribution in [0.5, 0.6) is 0 Å². The van der Waals surface area contributed by atoms with Crippen molar-refractivity contribution in [2.24, 2.45) is 0 Å². The Morgan fingerprint density at radius 3 is 2.56 bits per heavy atom. The van der Waals surface area contributed by atoms with E-state index in [0.717, 1.165) is 0 Å². The molecule has 0 spiro atoms. The van der Waals surface area contributed by atoms with Gasteiger partial charge in [0.15, 0.2) is 11.8 Å². The third-order valence-corrected chi connectivity index (χ3v) is 3.71. The molecule has 1 amide bonds. The molecule has 16 heavy (non-hydrogen) atoms. The molecule has 1 aliphatic rings. The topological polar surface area (TPSA) is 103 Å². The monoisotopic (exact) mass is 238 g/mol. The molecule has 1 N–H and O–H groups in total. The van der Waals surface area contributed by atoms with E-state index in [2.05, 4.69) is 0 Å². The highest BCUT2D eigenvalue weighted by molar-refractivity contribution is 7.89. The van der Waals surface area contributed by atoms with Crippen molar-refractivity contribution in [1.82, 2.24) is 10.5 Å². The molecule has 2 rings (SSSR count). The number of benzene rings is 1. The van der Waals surface area contributed by atoms with Gasteiger partial charge in [0.1, 0.15) is 0 Å². The van der Waals surface area contributed by atoms with Crippen molar-refractivity contribution in [3.63, 3.8) is 0 Å². The fourth-order valence-corrected chi connectivity index (χ4v) is 2.86. The zero-order valence-electron chi connectivity index (χ0n) is 7.88. The largest absolute Gasteiger partial charge is 0.292 e. The van der Waals surface area contributed by atoms with E-state index in [1.54, 1.807) is 0 Å². The van der Waals surface area contributed by atoms with E-state index in [4.69, 9.17) is 5.73 Å². The van der Waals surface area contributed by atoms with Gasteiger partial charge in [-0.3, -0.25) is 9.59 Å². The summed E-state index contributed by atoms with van der Waals surface area (Å²) < 4.78 is 25.0. The number of amides is 1. The van der Waals surface area contributed by atoms with Crippen LogP contribution < -0.4 is 10.5 Å². The minimum atomic E-state index is -3.92. The summed E-state index contributed by atoms with van der Waals surface area (Å²) in [5.74, 6) is -2.26. The van der Waals surface area contributed by atoms with Gasteiger partial charge in [0, 0.05) is 5.56 Å². The molecule has 7 heteroatoms. The van der Waals surface area contributed by atoms with Crippen LogP contribution in [0.1, 0.15) is 10.4 Å². The van der Waals surface area contributed by atoms with Crippen LogP contribution in [-0.4, -0.2) is 26.2 Å². The second-order valence-corrected chi connectivity index (χ2v) is 4.94. The number of Topliss-reactive ketones (excluding diaryl/α,β-unsaturated/α-hetero) is 1. The van der Waals surface area contributed by atoms with Crippen LogP contribution in [0.25, 0.3) is 0 Å². The molecule has 82 valence electrons. The van der Waals surface area contributed by atoms with Crippen LogP contribution in [-0.2, 0) is 14.8 Å². The third-order valence-electron chi connectivity index (χ3n) is 2.22. The number of carbonyl (C=O) groups excluding carboxylic acids is 2. The molecule has 0 fully saturated rings. The van der Waals surface area contributed by atoms with Crippen molar-refractivity contribution in [1.29, 1.82) is 0 Å². The molecule has 0 saturated heterocycles. The molecule has 2 radical (unpaired) electrons. The zero-order valence-corrected chi connectivity index (χ0v) is 8.69. The summed E-state index contributed by atoms with van der Waals surface area (Å²) >= 11 is 0. The molecule has 1 heterocycles. The molecule has 0 bridgehead atoms. The minimum Gasteiger partial charge on any atom is -0.292 e. The standard InChI is InChI=1S/C9H6N2O4S/c10-9(13)7-8(12)5-3-1-2-4-6(5)16(14,15)11-7/h1-4,7,11H. The van der Waals surface area contributed by atoms with Crippen molar-refractivity contribution in [3.8, 4) is 0 Å². The number of nitrogens with one attached hydrogen (secondary N) is 1. The molecule has 6 nitrogen and oxygen atoms in total. The maximum absolute atomic E-state index is 11.6.